The van der Waals surface area contributed by atoms with Gasteiger partial charge in [-0.3, -0.25) is 0 Å². The summed E-state index contributed by atoms with van der Waals surface area (Å²) in [5, 5.41) is 12.8. The molecule has 2 aliphatic carbocycles. The Morgan fingerprint density at radius 3 is 1.06 bits per heavy atom. The van der Waals surface area contributed by atoms with Crippen molar-refractivity contribution in [3.05, 3.63) is 273 Å². The van der Waals surface area contributed by atoms with Crippen molar-refractivity contribution in [3.63, 3.8) is 0 Å². The molecule has 0 aliphatic heterocycles. The van der Waals surface area contributed by atoms with Gasteiger partial charge in [-0.2, -0.15) is 0 Å². The molecule has 1 fully saturated rings. The van der Waals surface area contributed by atoms with E-state index in [9.17, 15) is 0 Å². The zero-order valence-electron chi connectivity index (χ0n) is 45.5. The molecule has 2 unspecified atom stereocenters. The van der Waals surface area contributed by atoms with Gasteiger partial charge in [-0.25, -0.2) is 0 Å². The Hall–Kier alpha value is -10.0. The maximum absolute atomic E-state index is 2.52. The van der Waals surface area contributed by atoms with Crippen LogP contribution in [0.5, 0.6) is 0 Å². The average molecular weight is 1100 g/mol. The van der Waals surface area contributed by atoms with E-state index in [0.717, 1.165) is 11.4 Å². The molecule has 12 aromatic carbocycles. The van der Waals surface area contributed by atoms with Crippen LogP contribution in [0.15, 0.2) is 273 Å². The molecule has 0 N–H and O–H groups in total. The lowest BCUT2D eigenvalue weighted by Crippen LogP contribution is -1.98. The van der Waals surface area contributed by atoms with Crippen molar-refractivity contribution in [1.29, 1.82) is 0 Å². The van der Waals surface area contributed by atoms with Crippen LogP contribution in [0.25, 0.3) is 167 Å². The lowest BCUT2D eigenvalue weighted by atomic mass is 9.97. The number of aromatic nitrogens is 3. The van der Waals surface area contributed by atoms with Gasteiger partial charge < -0.3 is 13.7 Å². The summed E-state index contributed by atoms with van der Waals surface area (Å²) in [5.74, 6) is 1.29. The first-order chi connectivity index (χ1) is 41.6. The summed E-state index contributed by atoms with van der Waals surface area (Å²) >= 11 is 3.79. The number of rotatable bonds is 7. The van der Waals surface area contributed by atoms with Gasteiger partial charge in [0.05, 0.1) is 33.1 Å². The third kappa shape index (κ3) is 6.91. The number of allylic oxidation sites excluding steroid dienone is 4. The van der Waals surface area contributed by atoms with Crippen LogP contribution in [0.1, 0.15) is 6.42 Å². The zero-order chi connectivity index (χ0) is 54.7. The molecule has 5 aromatic heterocycles. The van der Waals surface area contributed by atoms with Gasteiger partial charge >= 0.3 is 0 Å². The van der Waals surface area contributed by atoms with Gasteiger partial charge in [-0.1, -0.05) is 158 Å². The van der Waals surface area contributed by atoms with Gasteiger partial charge in [0, 0.05) is 89.7 Å². The Balaban J connectivity index is 0.787. The molecule has 2 aliphatic rings. The molecule has 2 atom stereocenters. The van der Waals surface area contributed by atoms with E-state index >= 15 is 0 Å². The molecule has 5 heterocycles. The summed E-state index contributed by atoms with van der Waals surface area (Å²) in [4.78, 5) is 0. The lowest BCUT2D eigenvalue weighted by molar-refractivity contribution is 0.969. The smallest absolute Gasteiger partial charge is 0.0541 e. The second kappa shape index (κ2) is 17.7. The maximum Gasteiger partial charge on any atom is 0.0541 e. The molecule has 19 rings (SSSR count). The molecule has 0 radical (unpaired) electrons. The van der Waals surface area contributed by atoms with Crippen molar-refractivity contribution in [2.24, 2.45) is 11.8 Å². The molecule has 1 saturated carbocycles. The van der Waals surface area contributed by atoms with Gasteiger partial charge in [0.1, 0.15) is 0 Å². The van der Waals surface area contributed by atoms with Crippen LogP contribution < -0.4 is 0 Å². The van der Waals surface area contributed by atoms with Crippen LogP contribution in [-0.4, -0.2) is 13.7 Å². The summed E-state index contributed by atoms with van der Waals surface area (Å²) in [6.07, 6.45) is 8.56. The summed E-state index contributed by atoms with van der Waals surface area (Å²) in [5.41, 5.74) is 20.7. The normalized spacial score (nSPS) is 15.1. The molecule has 84 heavy (non-hydrogen) atoms. The first kappa shape index (κ1) is 46.6. The van der Waals surface area contributed by atoms with Crippen LogP contribution in [0.2, 0.25) is 0 Å². The largest absolute Gasteiger partial charge is 0.310 e. The first-order valence-corrected chi connectivity index (χ1v) is 30.8. The van der Waals surface area contributed by atoms with E-state index in [0.29, 0.717) is 11.8 Å². The summed E-state index contributed by atoms with van der Waals surface area (Å²) in [7, 11) is 0. The number of hydrogen-bond acceptors (Lipinski definition) is 2. The molecule has 0 spiro atoms. The van der Waals surface area contributed by atoms with E-state index in [1.165, 1.54) is 162 Å². The van der Waals surface area contributed by atoms with Gasteiger partial charge in [0.15, 0.2) is 0 Å². The molecular weight excluding hydrogens is 1060 g/mol. The van der Waals surface area contributed by atoms with E-state index in [1.54, 1.807) is 0 Å². The lowest BCUT2D eigenvalue weighted by Gasteiger charge is -2.12. The topological polar surface area (TPSA) is 14.8 Å². The van der Waals surface area contributed by atoms with E-state index in [2.05, 4.69) is 287 Å². The van der Waals surface area contributed by atoms with Crippen molar-refractivity contribution in [2.75, 3.05) is 0 Å². The van der Waals surface area contributed by atoms with E-state index in [4.69, 9.17) is 0 Å². The Morgan fingerprint density at radius 1 is 0.286 bits per heavy atom. The molecule has 17 aromatic rings. The number of thiophene rings is 2. The van der Waals surface area contributed by atoms with Crippen LogP contribution in [0, 0.1) is 11.8 Å². The maximum atomic E-state index is 2.52. The van der Waals surface area contributed by atoms with Crippen molar-refractivity contribution in [2.45, 2.75) is 6.42 Å². The Labute approximate surface area is 491 Å². The highest BCUT2D eigenvalue weighted by Crippen LogP contribution is 2.49. The standard InChI is InChI=1S/C79H49N3S2/c1-3-13-55(14-4-1)80-70-33-26-48(43-66(70)68-45-52(30-37-72(68)80)58-19-11-21-62-60-17-7-9-23-76(60)83-78(58)62)50-28-35-74-64(41-50)65-42-51(29-36-75(65)82(74)57-32-25-47-39-54(47)40-57)49-27-34-71-67(44-49)69-46-53(31-38-73(69)81(71)56-15-5-2-6-16-56)59-20-12-22-63-61-18-8-10-24-77(61)84-79(59)63/h1-38,40-47,54H,39H2. The fourth-order valence-corrected chi connectivity index (χ4v) is 16.8. The minimum atomic E-state index is 0.613. The van der Waals surface area contributed by atoms with Gasteiger partial charge in [0.2, 0.25) is 0 Å². The molecule has 5 heteroatoms. The highest BCUT2D eigenvalue weighted by atomic mass is 32.1. The quantitative estimate of drug-likeness (QED) is 0.151. The highest BCUT2D eigenvalue weighted by molar-refractivity contribution is 7.26. The van der Waals surface area contributed by atoms with E-state index in [-0.39, 0.29) is 0 Å². The second-order valence-corrected chi connectivity index (χ2v) is 25.2. The third-order valence-electron chi connectivity index (χ3n) is 18.5. The molecule has 0 amide bonds. The number of hydrogen-bond donors (Lipinski definition) is 0. The van der Waals surface area contributed by atoms with E-state index in [1.807, 2.05) is 22.7 Å². The minimum absolute atomic E-state index is 0.613. The molecule has 3 nitrogen and oxygen atoms in total. The number of fused-ring (bicyclic) bond motifs is 16. The summed E-state index contributed by atoms with van der Waals surface area (Å²) in [6, 6.07) is 95.7. The van der Waals surface area contributed by atoms with Crippen molar-refractivity contribution < 1.29 is 0 Å². The number of nitrogens with zero attached hydrogens (tertiary/aromatic N) is 3. The number of para-hydroxylation sites is 2. The minimum Gasteiger partial charge on any atom is -0.310 e. The monoisotopic (exact) mass is 1100 g/mol. The predicted octanol–water partition coefficient (Wildman–Crippen LogP) is 22.4. The van der Waals surface area contributed by atoms with Crippen molar-refractivity contribution in [3.8, 4) is 55.9 Å². The molecule has 0 bridgehead atoms. The van der Waals surface area contributed by atoms with E-state index < -0.39 is 0 Å². The van der Waals surface area contributed by atoms with Gasteiger partial charge in [-0.05, 0) is 178 Å². The highest BCUT2D eigenvalue weighted by Gasteiger charge is 2.36. The Bertz CT molecular complexity index is 5390. The van der Waals surface area contributed by atoms with Crippen molar-refractivity contribution in [1.82, 2.24) is 13.7 Å². The molecule has 392 valence electrons. The van der Waals surface area contributed by atoms with Gasteiger partial charge in [0.25, 0.3) is 0 Å². The average Bonchev–Trinajstić information content (AvgIpc) is 2.45. The predicted molar refractivity (Wildman–Crippen MR) is 361 cm³/mol. The Kier molecular flexibility index (Phi) is 9.83. The zero-order valence-corrected chi connectivity index (χ0v) is 47.1. The second-order valence-electron chi connectivity index (χ2n) is 23.1. The number of benzene rings is 12. The first-order valence-electron chi connectivity index (χ1n) is 29.2. The summed E-state index contributed by atoms with van der Waals surface area (Å²) in [6.45, 7) is 0. The fourth-order valence-electron chi connectivity index (χ4n) is 14.4. The molecule has 0 saturated heterocycles. The van der Waals surface area contributed by atoms with Crippen LogP contribution in [-0.2, 0) is 0 Å². The van der Waals surface area contributed by atoms with Crippen LogP contribution in [0.3, 0.4) is 0 Å². The van der Waals surface area contributed by atoms with Gasteiger partial charge in [-0.15, -0.1) is 22.7 Å². The van der Waals surface area contributed by atoms with Crippen LogP contribution >= 0.6 is 22.7 Å². The van der Waals surface area contributed by atoms with Crippen LogP contribution in [0.4, 0.5) is 0 Å². The third-order valence-corrected chi connectivity index (χ3v) is 20.9. The summed E-state index contributed by atoms with van der Waals surface area (Å²) < 4.78 is 12.7. The fraction of sp³-hybridized carbons (Fsp3) is 0.0380. The molecular formula is C79H49N3S2. The SMILES string of the molecule is C1=CC2CC2C=C1n1c2ccc(-c3ccc4c(c3)c3cc(-c5cccc6c5sc5ccccc56)ccc3n4-c3ccccc3)cc2c2cc(-c3ccc4c(c3)c3cc(-c5cccc6c5sc5ccccc56)ccc3n4-c3ccccc3)ccc21. The van der Waals surface area contributed by atoms with Crippen molar-refractivity contribution >= 4 is 134 Å². The Morgan fingerprint density at radius 2 is 0.643 bits per heavy atom.